The zero-order valence-corrected chi connectivity index (χ0v) is 31.1. The van der Waals surface area contributed by atoms with E-state index >= 15 is 9.59 Å². The van der Waals surface area contributed by atoms with Gasteiger partial charge in [-0.15, -0.1) is 5.10 Å². The predicted octanol–water partition coefficient (Wildman–Crippen LogP) is 7.87. The highest BCUT2D eigenvalue weighted by atomic mass is 32.1. The fraction of sp³-hybridized carbons (Fsp3) is 0.143. The Labute approximate surface area is 326 Å². The van der Waals surface area contributed by atoms with E-state index in [0.717, 1.165) is 11.3 Å². The third-order valence-electron chi connectivity index (χ3n) is 9.04. The van der Waals surface area contributed by atoms with Gasteiger partial charge in [-0.2, -0.15) is 0 Å². The van der Waals surface area contributed by atoms with Crippen LogP contribution in [0, 0.1) is 3.95 Å². The summed E-state index contributed by atoms with van der Waals surface area (Å²) in [5.41, 5.74) is 7.00. The van der Waals surface area contributed by atoms with Crippen LogP contribution in [0.2, 0.25) is 0 Å². The van der Waals surface area contributed by atoms with Gasteiger partial charge in [-0.25, -0.2) is 4.79 Å². The highest BCUT2D eigenvalue weighted by Gasteiger charge is 2.51. The van der Waals surface area contributed by atoms with E-state index in [-0.39, 0.29) is 29.4 Å². The van der Waals surface area contributed by atoms with Crippen molar-refractivity contribution in [2.24, 2.45) is 5.73 Å². The lowest BCUT2D eigenvalue weighted by atomic mass is 9.74. The molecule has 0 aliphatic rings. The van der Waals surface area contributed by atoms with Gasteiger partial charge in [-0.05, 0) is 53.0 Å². The molecule has 2 amide bonds. The lowest BCUT2D eigenvalue weighted by Gasteiger charge is -2.48. The van der Waals surface area contributed by atoms with Gasteiger partial charge in [0.05, 0.1) is 12.2 Å². The van der Waals surface area contributed by atoms with Crippen LogP contribution in [0.15, 0.2) is 146 Å². The smallest absolute Gasteiger partial charge is 0.412 e. The zero-order chi connectivity index (χ0) is 38.8. The van der Waals surface area contributed by atoms with Gasteiger partial charge in [0.15, 0.2) is 9.74 Å². The van der Waals surface area contributed by atoms with Crippen molar-refractivity contribution >= 4 is 58.1 Å². The number of carboxylic acids is 1. The van der Waals surface area contributed by atoms with E-state index < -0.39 is 48.3 Å². The molecular formula is C42H37N5O6S2. The van der Waals surface area contributed by atoms with Crippen molar-refractivity contribution in [1.82, 2.24) is 15.1 Å². The number of aromatic amines is 1. The quantitative estimate of drug-likeness (QED) is 0.0537. The third-order valence-corrected chi connectivity index (χ3v) is 10.1. The summed E-state index contributed by atoms with van der Waals surface area (Å²) in [5, 5.41) is 17.1. The molecule has 55 heavy (non-hydrogen) atoms. The number of ketones is 1. The Morgan fingerprint density at radius 1 is 0.782 bits per heavy atom. The summed E-state index contributed by atoms with van der Waals surface area (Å²) in [5.74, 6) is -2.40. The van der Waals surface area contributed by atoms with Crippen molar-refractivity contribution in [2.45, 2.75) is 31.0 Å². The number of ether oxygens (including phenoxy) is 1. The largest absolute Gasteiger partial charge is 0.481 e. The second-order valence-electron chi connectivity index (χ2n) is 12.4. The fourth-order valence-electron chi connectivity index (χ4n) is 6.69. The molecule has 0 spiro atoms. The minimum Gasteiger partial charge on any atom is -0.481 e. The maximum Gasteiger partial charge on any atom is 0.412 e. The number of amides is 2. The first-order valence-electron chi connectivity index (χ1n) is 17.4. The summed E-state index contributed by atoms with van der Waals surface area (Å²) >= 11 is 6.28. The number of nitrogens with one attached hydrogen (secondary N) is 1. The maximum absolute atomic E-state index is 15.5. The first-order chi connectivity index (χ1) is 26.7. The topological polar surface area (TPSA) is 159 Å². The van der Waals surface area contributed by atoms with Gasteiger partial charge in [0, 0.05) is 12.0 Å². The summed E-state index contributed by atoms with van der Waals surface area (Å²) in [6.45, 7) is -0.557. The molecule has 0 radical (unpaired) electrons. The molecule has 1 atom stereocenters. The van der Waals surface area contributed by atoms with E-state index in [1.54, 1.807) is 18.2 Å². The summed E-state index contributed by atoms with van der Waals surface area (Å²) < 4.78 is 6.41. The lowest BCUT2D eigenvalue weighted by Crippen LogP contribution is -2.58. The number of anilines is 2. The Kier molecular flexibility index (Phi) is 12.4. The SMILES string of the molecule is NCC(=O)N(c1n[nH]c(=S)s1)c1ccccc1C(=O)[C@H](CCC(=O)O)N(C(=O)OCc1ccccc1)C(c1ccccc1)(c1ccccc1)c1ccccc1. The van der Waals surface area contributed by atoms with Gasteiger partial charge >= 0.3 is 12.1 Å². The number of H-pyrrole nitrogens is 1. The second kappa shape index (κ2) is 17.7. The van der Waals surface area contributed by atoms with Crippen molar-refractivity contribution in [3.8, 4) is 0 Å². The monoisotopic (exact) mass is 771 g/mol. The molecule has 11 nitrogen and oxygen atoms in total. The number of nitrogens with zero attached hydrogens (tertiary/aromatic N) is 3. The minimum absolute atomic E-state index is 0.0183. The average Bonchev–Trinajstić information content (AvgIpc) is 3.66. The molecule has 0 saturated carbocycles. The first kappa shape index (κ1) is 38.4. The van der Waals surface area contributed by atoms with E-state index in [0.29, 0.717) is 26.2 Å². The Balaban J connectivity index is 1.65. The summed E-state index contributed by atoms with van der Waals surface area (Å²) in [6, 6.07) is 41.7. The Morgan fingerprint density at radius 2 is 1.29 bits per heavy atom. The first-order valence-corrected chi connectivity index (χ1v) is 18.6. The van der Waals surface area contributed by atoms with E-state index in [4.69, 9.17) is 22.7 Å². The van der Waals surface area contributed by atoms with E-state index in [2.05, 4.69) is 10.2 Å². The number of carboxylic acid groups (broad SMARTS) is 1. The molecule has 1 aromatic heterocycles. The number of hydrogen-bond donors (Lipinski definition) is 3. The number of para-hydroxylation sites is 1. The van der Waals surface area contributed by atoms with Crippen molar-refractivity contribution in [3.63, 3.8) is 0 Å². The summed E-state index contributed by atoms with van der Waals surface area (Å²) in [7, 11) is 0. The highest BCUT2D eigenvalue weighted by Crippen LogP contribution is 2.46. The number of Topliss-reactive ketones (excluding diaryl/α,β-unsaturated/α-hetero) is 1. The van der Waals surface area contributed by atoms with Crippen LogP contribution >= 0.6 is 23.6 Å². The molecule has 4 N–H and O–H groups in total. The van der Waals surface area contributed by atoms with Crippen LogP contribution in [0.5, 0.6) is 0 Å². The minimum atomic E-state index is -1.56. The summed E-state index contributed by atoms with van der Waals surface area (Å²) in [4.78, 5) is 59.2. The maximum atomic E-state index is 15.5. The molecule has 6 aromatic rings. The standard InChI is InChI=1S/C42H37N5O6S2/c43-27-36(48)46(39-44-45-40(54)55-39)34-24-14-13-23-33(34)38(51)35(25-26-37(49)50)47(41(52)53-28-29-15-5-1-6-16-29)42(30-17-7-2-8-18-30,31-19-9-3-10-20-31)32-21-11-4-12-22-32/h1-24,35H,25-28,43H2,(H,45,54)(H,49,50)/t35-/m0/s1. The van der Waals surface area contributed by atoms with Crippen LogP contribution in [-0.4, -0.2) is 56.5 Å². The fourth-order valence-corrected chi connectivity index (χ4v) is 7.60. The number of rotatable bonds is 15. The molecule has 0 aliphatic heterocycles. The highest BCUT2D eigenvalue weighted by molar-refractivity contribution is 7.73. The third kappa shape index (κ3) is 8.29. The molecule has 0 saturated heterocycles. The molecule has 5 aromatic carbocycles. The van der Waals surface area contributed by atoms with E-state index in [1.165, 1.54) is 15.9 Å². The Bertz CT molecular complexity index is 2210. The van der Waals surface area contributed by atoms with Crippen molar-refractivity contribution in [3.05, 3.63) is 177 Å². The van der Waals surface area contributed by atoms with Crippen LogP contribution in [-0.2, 0) is 26.5 Å². The molecule has 0 fully saturated rings. The molecule has 1 heterocycles. The Morgan fingerprint density at radius 3 is 1.78 bits per heavy atom. The van der Waals surface area contributed by atoms with Gasteiger partial charge in [-0.1, -0.05) is 145 Å². The number of aromatic nitrogens is 2. The normalized spacial score (nSPS) is 11.7. The van der Waals surface area contributed by atoms with E-state index in [9.17, 15) is 14.7 Å². The van der Waals surface area contributed by atoms with Crippen LogP contribution in [0.3, 0.4) is 0 Å². The van der Waals surface area contributed by atoms with Gasteiger partial charge in [0.25, 0.3) is 0 Å². The number of aliphatic carboxylic acids is 1. The van der Waals surface area contributed by atoms with Gasteiger partial charge in [-0.3, -0.25) is 29.3 Å². The lowest BCUT2D eigenvalue weighted by molar-refractivity contribution is -0.137. The van der Waals surface area contributed by atoms with Crippen molar-refractivity contribution in [1.29, 1.82) is 0 Å². The molecule has 0 bridgehead atoms. The van der Waals surface area contributed by atoms with Gasteiger partial charge in [0.1, 0.15) is 18.2 Å². The molecule has 0 aliphatic carbocycles. The number of carbonyl (C=O) groups is 4. The molecule has 6 rings (SSSR count). The Hall–Kier alpha value is -6.28. The van der Waals surface area contributed by atoms with Crippen molar-refractivity contribution in [2.75, 3.05) is 11.4 Å². The summed E-state index contributed by atoms with van der Waals surface area (Å²) in [6.07, 6.45) is -1.67. The van der Waals surface area contributed by atoms with Crippen LogP contribution in [0.1, 0.15) is 45.5 Å². The molecule has 0 unspecified atom stereocenters. The van der Waals surface area contributed by atoms with Crippen LogP contribution in [0.4, 0.5) is 15.6 Å². The molecular weight excluding hydrogens is 735 g/mol. The number of benzene rings is 5. The van der Waals surface area contributed by atoms with Gasteiger partial charge in [0.2, 0.25) is 11.0 Å². The second-order valence-corrected chi connectivity index (χ2v) is 14.0. The van der Waals surface area contributed by atoms with Crippen molar-refractivity contribution < 1.29 is 29.0 Å². The van der Waals surface area contributed by atoms with Gasteiger partial charge < -0.3 is 15.6 Å². The number of nitrogens with two attached hydrogens (primary N) is 1. The molecule has 278 valence electrons. The molecule has 13 heteroatoms. The van der Waals surface area contributed by atoms with Crippen LogP contribution in [0.25, 0.3) is 0 Å². The van der Waals surface area contributed by atoms with Crippen LogP contribution < -0.4 is 10.6 Å². The predicted molar refractivity (Wildman–Crippen MR) is 213 cm³/mol. The number of carbonyl (C=O) groups excluding carboxylic acids is 3. The average molecular weight is 772 g/mol. The number of hydrogen-bond acceptors (Lipinski definition) is 9. The zero-order valence-electron chi connectivity index (χ0n) is 29.5. The van der Waals surface area contributed by atoms with E-state index in [1.807, 2.05) is 121 Å².